The number of aryl methyl sites for hydroxylation is 1. The number of hydrogen-bond donors (Lipinski definition) is 0. The van der Waals surface area contributed by atoms with Gasteiger partial charge in [-0.25, -0.2) is 0 Å². The molecule has 0 saturated carbocycles. The quantitative estimate of drug-likeness (QED) is 0.756. The molecule has 0 aliphatic carbocycles. The summed E-state index contributed by atoms with van der Waals surface area (Å²) in [6, 6.07) is 3.64. The van der Waals surface area contributed by atoms with E-state index < -0.39 is 11.1 Å². The summed E-state index contributed by atoms with van der Waals surface area (Å²) in [6.07, 6.45) is 3.61. The van der Waals surface area contributed by atoms with E-state index in [0.29, 0.717) is 29.5 Å². The fourth-order valence-corrected chi connectivity index (χ4v) is 4.02. The fraction of sp³-hybridized carbons (Fsp3) is 0.389. The first kappa shape index (κ1) is 17.0. The second kappa shape index (κ2) is 6.68. The van der Waals surface area contributed by atoms with E-state index in [0.717, 1.165) is 40.6 Å². The summed E-state index contributed by atoms with van der Waals surface area (Å²) in [4.78, 5) is 40.1. The Morgan fingerprint density at radius 1 is 1.19 bits per heavy atom. The molecule has 0 radical (unpaired) electrons. The van der Waals surface area contributed by atoms with Crippen LogP contribution in [0.2, 0.25) is 0 Å². The first-order valence-corrected chi connectivity index (χ1v) is 9.28. The highest BCUT2D eigenvalue weighted by atomic mass is 32.2. The summed E-state index contributed by atoms with van der Waals surface area (Å²) >= 11 is 0.859. The summed E-state index contributed by atoms with van der Waals surface area (Å²) < 4.78 is 10.7. The van der Waals surface area contributed by atoms with Gasteiger partial charge in [0.1, 0.15) is 6.54 Å². The third-order valence-corrected chi connectivity index (χ3v) is 5.58. The molecule has 3 aliphatic heterocycles. The monoisotopic (exact) mass is 374 g/mol. The lowest BCUT2D eigenvalue weighted by Crippen LogP contribution is -2.40. The fourth-order valence-electron chi connectivity index (χ4n) is 3.19. The molecular formula is C18H18N2O5S. The van der Waals surface area contributed by atoms with Crippen molar-refractivity contribution in [3.05, 3.63) is 28.2 Å². The highest BCUT2D eigenvalue weighted by molar-refractivity contribution is 8.18. The van der Waals surface area contributed by atoms with Crippen LogP contribution in [0.25, 0.3) is 6.08 Å². The summed E-state index contributed by atoms with van der Waals surface area (Å²) in [5.74, 6) is 0.684. The third kappa shape index (κ3) is 3.05. The number of likely N-dealkylation sites (tertiary alicyclic amines) is 1. The molecule has 0 unspecified atom stereocenters. The molecule has 7 nitrogen and oxygen atoms in total. The van der Waals surface area contributed by atoms with Gasteiger partial charge >= 0.3 is 0 Å². The largest absolute Gasteiger partial charge is 0.454 e. The van der Waals surface area contributed by atoms with Gasteiger partial charge in [-0.3, -0.25) is 19.3 Å². The summed E-state index contributed by atoms with van der Waals surface area (Å²) in [5.41, 5.74) is 1.69. The Labute approximate surface area is 154 Å². The lowest BCUT2D eigenvalue weighted by molar-refractivity contribution is -0.135. The molecule has 3 amide bonds. The van der Waals surface area contributed by atoms with E-state index in [1.165, 1.54) is 0 Å². The van der Waals surface area contributed by atoms with Crippen molar-refractivity contribution >= 4 is 34.9 Å². The number of carbonyl (C=O) groups excluding carboxylic acids is 3. The van der Waals surface area contributed by atoms with Crippen LogP contribution in [0.4, 0.5) is 4.79 Å². The minimum absolute atomic E-state index is 0.174. The number of ether oxygens (including phenoxy) is 2. The number of thioether (sulfide) groups is 1. The van der Waals surface area contributed by atoms with Gasteiger partial charge in [0.25, 0.3) is 11.1 Å². The number of rotatable bonds is 3. The van der Waals surface area contributed by atoms with E-state index in [1.54, 1.807) is 17.0 Å². The van der Waals surface area contributed by atoms with Crippen LogP contribution in [0.1, 0.15) is 24.0 Å². The Bertz CT molecular complexity index is 829. The minimum Gasteiger partial charge on any atom is -0.454 e. The van der Waals surface area contributed by atoms with Crippen LogP contribution in [-0.2, 0) is 9.59 Å². The number of carbonyl (C=O) groups is 3. The van der Waals surface area contributed by atoms with Gasteiger partial charge in [0.05, 0.1) is 4.91 Å². The molecule has 0 bridgehead atoms. The Balaban J connectivity index is 1.53. The SMILES string of the molecule is Cc1cc2c(cc1/C=C1/SC(=O)N(CC(=O)N3CCCC3)C1=O)OCO2. The molecule has 1 aromatic carbocycles. The predicted molar refractivity (Wildman–Crippen MR) is 95.8 cm³/mol. The van der Waals surface area contributed by atoms with Gasteiger partial charge in [0, 0.05) is 13.1 Å². The van der Waals surface area contributed by atoms with Crippen LogP contribution >= 0.6 is 11.8 Å². The Kier molecular flexibility index (Phi) is 4.36. The highest BCUT2D eigenvalue weighted by Gasteiger charge is 2.37. The Hall–Kier alpha value is -2.48. The lowest BCUT2D eigenvalue weighted by atomic mass is 10.1. The van der Waals surface area contributed by atoms with Gasteiger partial charge in [-0.15, -0.1) is 0 Å². The molecule has 2 saturated heterocycles. The van der Waals surface area contributed by atoms with E-state index in [-0.39, 0.29) is 19.2 Å². The predicted octanol–water partition coefficient (Wildman–Crippen LogP) is 2.38. The molecule has 26 heavy (non-hydrogen) atoms. The first-order valence-electron chi connectivity index (χ1n) is 8.46. The van der Waals surface area contributed by atoms with Gasteiger partial charge in [-0.1, -0.05) is 0 Å². The molecule has 2 fully saturated rings. The smallest absolute Gasteiger partial charge is 0.294 e. The maximum Gasteiger partial charge on any atom is 0.294 e. The zero-order valence-electron chi connectivity index (χ0n) is 14.3. The Morgan fingerprint density at radius 2 is 1.88 bits per heavy atom. The van der Waals surface area contributed by atoms with Crippen LogP contribution < -0.4 is 9.47 Å². The number of benzene rings is 1. The van der Waals surface area contributed by atoms with Crippen LogP contribution in [0, 0.1) is 6.92 Å². The number of hydrogen-bond acceptors (Lipinski definition) is 6. The van der Waals surface area contributed by atoms with Gasteiger partial charge in [-0.05, 0) is 60.9 Å². The molecule has 4 rings (SSSR count). The van der Waals surface area contributed by atoms with Crippen molar-refractivity contribution in [2.75, 3.05) is 26.4 Å². The average Bonchev–Trinajstić information content (AvgIpc) is 3.33. The van der Waals surface area contributed by atoms with E-state index >= 15 is 0 Å². The maximum absolute atomic E-state index is 12.6. The molecule has 0 atom stereocenters. The van der Waals surface area contributed by atoms with Crippen molar-refractivity contribution in [1.82, 2.24) is 9.80 Å². The minimum atomic E-state index is -0.426. The van der Waals surface area contributed by atoms with Crippen molar-refractivity contribution < 1.29 is 23.9 Å². The van der Waals surface area contributed by atoms with E-state index in [2.05, 4.69) is 0 Å². The molecule has 1 aromatic rings. The van der Waals surface area contributed by atoms with Crippen molar-refractivity contribution in [2.45, 2.75) is 19.8 Å². The number of fused-ring (bicyclic) bond motifs is 1. The van der Waals surface area contributed by atoms with Gasteiger partial charge in [0.2, 0.25) is 12.7 Å². The van der Waals surface area contributed by atoms with Crippen LogP contribution in [0.5, 0.6) is 11.5 Å². The molecule has 0 spiro atoms. The van der Waals surface area contributed by atoms with Crippen molar-refractivity contribution in [3.63, 3.8) is 0 Å². The van der Waals surface area contributed by atoms with Crippen LogP contribution in [0.3, 0.4) is 0 Å². The lowest BCUT2D eigenvalue weighted by Gasteiger charge is -2.18. The van der Waals surface area contributed by atoms with Gasteiger partial charge in [0.15, 0.2) is 11.5 Å². The van der Waals surface area contributed by atoms with E-state index in [1.807, 2.05) is 13.0 Å². The first-order chi connectivity index (χ1) is 12.5. The maximum atomic E-state index is 12.6. The normalized spacial score (nSPS) is 20.6. The topological polar surface area (TPSA) is 76.2 Å². The standard InChI is InChI=1S/C18H18N2O5S/c1-11-6-13-14(25-10-24-13)7-12(11)8-15-17(22)20(18(23)26-15)9-16(21)19-4-2-3-5-19/h6-8H,2-5,9-10H2,1H3/b15-8+. The second-order valence-corrected chi connectivity index (χ2v) is 7.41. The van der Waals surface area contributed by atoms with E-state index in [9.17, 15) is 14.4 Å². The van der Waals surface area contributed by atoms with Crippen molar-refractivity contribution in [2.24, 2.45) is 0 Å². The molecule has 3 heterocycles. The summed E-state index contributed by atoms with van der Waals surface area (Å²) in [6.45, 7) is 3.27. The number of amides is 3. The third-order valence-electron chi connectivity index (χ3n) is 4.67. The van der Waals surface area contributed by atoms with Crippen molar-refractivity contribution in [1.29, 1.82) is 0 Å². The van der Waals surface area contributed by atoms with Crippen LogP contribution in [-0.4, -0.2) is 53.3 Å². The zero-order chi connectivity index (χ0) is 18.3. The van der Waals surface area contributed by atoms with Gasteiger partial charge in [-0.2, -0.15) is 0 Å². The number of nitrogens with zero attached hydrogens (tertiary/aromatic N) is 2. The molecular weight excluding hydrogens is 356 g/mol. The molecule has 0 N–H and O–H groups in total. The van der Waals surface area contributed by atoms with Gasteiger partial charge < -0.3 is 14.4 Å². The highest BCUT2D eigenvalue weighted by Crippen LogP contribution is 2.38. The second-order valence-electron chi connectivity index (χ2n) is 6.42. The number of imide groups is 1. The molecule has 3 aliphatic rings. The average molecular weight is 374 g/mol. The van der Waals surface area contributed by atoms with Crippen LogP contribution in [0.15, 0.2) is 17.0 Å². The Morgan fingerprint density at radius 3 is 2.62 bits per heavy atom. The van der Waals surface area contributed by atoms with Crippen molar-refractivity contribution in [3.8, 4) is 11.5 Å². The zero-order valence-corrected chi connectivity index (χ0v) is 15.1. The molecule has 136 valence electrons. The molecule has 8 heteroatoms. The summed E-state index contributed by atoms with van der Waals surface area (Å²) in [5, 5.41) is -0.410. The molecule has 0 aromatic heterocycles. The van der Waals surface area contributed by atoms with E-state index in [4.69, 9.17) is 9.47 Å². The summed E-state index contributed by atoms with van der Waals surface area (Å²) in [7, 11) is 0.